The van der Waals surface area contributed by atoms with Crippen LogP contribution in [0, 0.1) is 11.7 Å². The van der Waals surface area contributed by atoms with Gasteiger partial charge < -0.3 is 19.9 Å². The Morgan fingerprint density at radius 1 is 1.31 bits per heavy atom. The second kappa shape index (κ2) is 8.73. The van der Waals surface area contributed by atoms with E-state index in [0.29, 0.717) is 50.3 Å². The third-order valence-corrected chi connectivity index (χ3v) is 5.43. The summed E-state index contributed by atoms with van der Waals surface area (Å²) < 4.78 is 21.2. The first-order valence-electron chi connectivity index (χ1n) is 9.98. The molecule has 1 atom stereocenters. The van der Waals surface area contributed by atoms with Gasteiger partial charge in [0.25, 0.3) is 5.91 Å². The minimum atomic E-state index is -0.410. The summed E-state index contributed by atoms with van der Waals surface area (Å²) in [5.41, 5.74) is 0.537. The molecule has 2 aromatic rings. The summed E-state index contributed by atoms with van der Waals surface area (Å²) >= 11 is 0. The number of halogens is 1. The van der Waals surface area contributed by atoms with Gasteiger partial charge in [-0.3, -0.25) is 9.48 Å². The molecule has 0 radical (unpaired) electrons. The Bertz CT molecular complexity index is 853. The molecule has 0 spiro atoms. The lowest BCUT2D eigenvalue weighted by atomic mass is 9.98. The van der Waals surface area contributed by atoms with E-state index in [1.807, 2.05) is 4.90 Å². The predicted octanol–water partition coefficient (Wildman–Crippen LogP) is 0.832. The number of carbonyl (C=O) groups excluding carboxylic acids is 1. The van der Waals surface area contributed by atoms with E-state index >= 15 is 0 Å². The van der Waals surface area contributed by atoms with Gasteiger partial charge in [-0.05, 0) is 24.8 Å². The molecule has 4 rings (SSSR count). The number of nitrogens with one attached hydrogen (secondary N) is 1. The van der Waals surface area contributed by atoms with E-state index in [4.69, 9.17) is 4.74 Å². The molecule has 0 aliphatic carbocycles. The molecule has 9 nitrogen and oxygen atoms in total. The Balaban J connectivity index is 1.39. The van der Waals surface area contributed by atoms with Gasteiger partial charge in [0.05, 0.1) is 19.4 Å². The highest BCUT2D eigenvalue weighted by Crippen LogP contribution is 2.24. The number of hydrogen-bond donors (Lipinski definition) is 1. The summed E-state index contributed by atoms with van der Waals surface area (Å²) in [6.07, 6.45) is 4.84. The lowest BCUT2D eigenvalue weighted by Crippen LogP contribution is -2.42. The molecule has 1 amide bonds. The average Bonchev–Trinajstić information content (AvgIpc) is 3.19. The van der Waals surface area contributed by atoms with Crippen LogP contribution >= 0.6 is 0 Å². The average molecular weight is 403 g/mol. The maximum atomic E-state index is 14.3. The molecule has 2 aliphatic rings. The number of aromatic nitrogens is 4. The lowest BCUT2D eigenvalue weighted by molar-refractivity contribution is 0.0936. The van der Waals surface area contributed by atoms with Gasteiger partial charge in [0, 0.05) is 46.0 Å². The van der Waals surface area contributed by atoms with Crippen molar-refractivity contribution in [3.63, 3.8) is 0 Å². The van der Waals surface area contributed by atoms with Gasteiger partial charge in [-0.1, -0.05) is 0 Å². The number of ether oxygens (including phenoxy) is 1. The molecule has 4 heterocycles. The van der Waals surface area contributed by atoms with Crippen molar-refractivity contribution in [2.45, 2.75) is 12.8 Å². The molecule has 29 heavy (non-hydrogen) atoms. The third kappa shape index (κ3) is 4.47. The van der Waals surface area contributed by atoms with Crippen LogP contribution in [0.25, 0.3) is 0 Å². The molecule has 2 aromatic heterocycles. The highest BCUT2D eigenvalue weighted by molar-refractivity contribution is 5.92. The normalized spacial score (nSPS) is 20.0. The number of aryl methyl sites for hydroxylation is 1. The fraction of sp³-hybridized carbons (Fsp3) is 0.579. The molecule has 2 saturated heterocycles. The van der Waals surface area contributed by atoms with Crippen LogP contribution in [0.1, 0.15) is 23.3 Å². The first kappa shape index (κ1) is 19.6. The van der Waals surface area contributed by atoms with Gasteiger partial charge in [0.2, 0.25) is 5.95 Å². The molecule has 156 valence electrons. The highest BCUT2D eigenvalue weighted by Gasteiger charge is 2.25. The number of rotatable bonds is 5. The van der Waals surface area contributed by atoms with Gasteiger partial charge >= 0.3 is 0 Å². The van der Waals surface area contributed by atoms with Gasteiger partial charge in [-0.15, -0.1) is 0 Å². The lowest BCUT2D eigenvalue weighted by Gasteiger charge is -2.34. The van der Waals surface area contributed by atoms with Crippen LogP contribution in [-0.4, -0.2) is 71.6 Å². The number of carbonyl (C=O) groups is 1. The second-order valence-corrected chi connectivity index (χ2v) is 7.45. The van der Waals surface area contributed by atoms with Crippen molar-refractivity contribution in [2.24, 2.45) is 13.0 Å². The van der Waals surface area contributed by atoms with Crippen LogP contribution < -0.4 is 15.1 Å². The topological polar surface area (TPSA) is 88.4 Å². The molecule has 0 aromatic carbocycles. The molecular weight excluding hydrogens is 377 g/mol. The van der Waals surface area contributed by atoms with Crippen LogP contribution in [0.5, 0.6) is 0 Å². The van der Waals surface area contributed by atoms with E-state index in [0.717, 1.165) is 25.9 Å². The quantitative estimate of drug-likeness (QED) is 0.791. The summed E-state index contributed by atoms with van der Waals surface area (Å²) in [7, 11) is 1.75. The maximum Gasteiger partial charge on any atom is 0.269 e. The minimum Gasteiger partial charge on any atom is -0.378 e. The predicted molar refractivity (Wildman–Crippen MR) is 106 cm³/mol. The van der Waals surface area contributed by atoms with E-state index in [1.165, 1.54) is 6.20 Å². The molecular formula is C19H26FN7O2. The van der Waals surface area contributed by atoms with Crippen molar-refractivity contribution in [2.75, 3.05) is 55.7 Å². The smallest absolute Gasteiger partial charge is 0.269 e. The third-order valence-electron chi connectivity index (χ3n) is 5.43. The zero-order chi connectivity index (χ0) is 20.2. The van der Waals surface area contributed by atoms with Crippen LogP contribution in [0.4, 0.5) is 16.2 Å². The number of morpholine rings is 1. The van der Waals surface area contributed by atoms with Crippen molar-refractivity contribution in [3.8, 4) is 0 Å². The van der Waals surface area contributed by atoms with Crippen molar-refractivity contribution in [3.05, 3.63) is 30.0 Å². The fourth-order valence-corrected chi connectivity index (χ4v) is 3.84. The summed E-state index contributed by atoms with van der Waals surface area (Å²) in [6.45, 7) is 4.49. The first-order valence-corrected chi connectivity index (χ1v) is 9.98. The fourth-order valence-electron chi connectivity index (χ4n) is 3.84. The highest BCUT2D eigenvalue weighted by atomic mass is 19.1. The Morgan fingerprint density at radius 2 is 2.14 bits per heavy atom. The number of amides is 1. The van der Waals surface area contributed by atoms with Gasteiger partial charge in [0.1, 0.15) is 5.69 Å². The van der Waals surface area contributed by atoms with Crippen LogP contribution in [0.15, 0.2) is 18.5 Å². The molecule has 0 bridgehead atoms. The zero-order valence-electron chi connectivity index (χ0n) is 16.6. The number of anilines is 2. The number of hydrogen-bond acceptors (Lipinski definition) is 7. The number of nitrogens with zero attached hydrogens (tertiary/aromatic N) is 6. The molecule has 2 fully saturated rings. The van der Waals surface area contributed by atoms with Crippen LogP contribution in [-0.2, 0) is 11.8 Å². The van der Waals surface area contributed by atoms with Crippen molar-refractivity contribution < 1.29 is 13.9 Å². The van der Waals surface area contributed by atoms with E-state index in [-0.39, 0.29) is 11.8 Å². The van der Waals surface area contributed by atoms with E-state index in [2.05, 4.69) is 25.3 Å². The minimum absolute atomic E-state index is 0.130. The summed E-state index contributed by atoms with van der Waals surface area (Å²) in [6, 6.07) is 1.70. The maximum absolute atomic E-state index is 14.3. The Morgan fingerprint density at radius 3 is 2.90 bits per heavy atom. The Hall–Kier alpha value is -2.75. The summed E-state index contributed by atoms with van der Waals surface area (Å²) in [5.74, 6) is 0.615. The summed E-state index contributed by atoms with van der Waals surface area (Å²) in [5, 5.41) is 7.02. The Labute approximate surface area is 168 Å². The monoisotopic (exact) mass is 403 g/mol. The van der Waals surface area contributed by atoms with E-state index < -0.39 is 5.82 Å². The Kier molecular flexibility index (Phi) is 5.89. The molecule has 2 aliphatic heterocycles. The van der Waals surface area contributed by atoms with Crippen LogP contribution in [0.3, 0.4) is 0 Å². The van der Waals surface area contributed by atoms with E-state index in [9.17, 15) is 9.18 Å². The second-order valence-electron chi connectivity index (χ2n) is 7.45. The first-order chi connectivity index (χ1) is 14.1. The summed E-state index contributed by atoms with van der Waals surface area (Å²) in [4.78, 5) is 25.0. The van der Waals surface area contributed by atoms with E-state index in [1.54, 1.807) is 24.0 Å². The zero-order valence-corrected chi connectivity index (χ0v) is 16.6. The van der Waals surface area contributed by atoms with Gasteiger partial charge in [-0.25, -0.2) is 9.37 Å². The van der Waals surface area contributed by atoms with Crippen molar-refractivity contribution >= 4 is 17.7 Å². The van der Waals surface area contributed by atoms with Gasteiger partial charge in [0.15, 0.2) is 11.6 Å². The molecule has 1 N–H and O–H groups in total. The number of piperidine rings is 1. The van der Waals surface area contributed by atoms with Gasteiger partial charge in [-0.2, -0.15) is 10.1 Å². The SMILES string of the molecule is Cn1nccc1C(=O)NC[C@H]1CCCN(c2ncc(F)c(N3CCOCC3)n2)C1. The van der Waals surface area contributed by atoms with Crippen molar-refractivity contribution in [1.29, 1.82) is 0 Å². The molecule has 10 heteroatoms. The molecule has 0 saturated carbocycles. The van der Waals surface area contributed by atoms with Crippen LogP contribution in [0.2, 0.25) is 0 Å². The largest absolute Gasteiger partial charge is 0.378 e. The standard InChI is InChI=1S/C19H26FN7O2/c1-25-16(4-5-23-25)18(28)21-11-14-3-2-6-27(13-14)19-22-12-15(20)17(24-19)26-7-9-29-10-8-26/h4-5,12,14H,2-3,6-11,13H2,1H3,(H,21,28)/t14-/m1/s1. The van der Waals surface area contributed by atoms with Crippen molar-refractivity contribution in [1.82, 2.24) is 25.1 Å². The molecule has 0 unspecified atom stereocenters.